The molecule has 8 rings (SSSR count). The topological polar surface area (TPSA) is 25.8 Å². The molecule has 2 nitrogen and oxygen atoms in total. The summed E-state index contributed by atoms with van der Waals surface area (Å²) in [6.45, 7) is 4.66. The highest BCUT2D eigenvalue weighted by Gasteiger charge is 2.36. The van der Waals surface area contributed by atoms with Crippen LogP contribution < -0.4 is 0 Å². The van der Waals surface area contributed by atoms with Crippen LogP contribution in [-0.4, -0.2) is 9.97 Å². The van der Waals surface area contributed by atoms with E-state index in [1.165, 1.54) is 43.8 Å². The van der Waals surface area contributed by atoms with Gasteiger partial charge in [-0.2, -0.15) is 0 Å². The van der Waals surface area contributed by atoms with Crippen molar-refractivity contribution < 1.29 is 0 Å². The first-order chi connectivity index (χ1) is 19.1. The van der Waals surface area contributed by atoms with Crippen molar-refractivity contribution in [2.24, 2.45) is 0 Å². The fourth-order valence-electron chi connectivity index (χ4n) is 6.50. The van der Waals surface area contributed by atoms with Crippen LogP contribution in [0.15, 0.2) is 121 Å². The summed E-state index contributed by atoms with van der Waals surface area (Å²) in [4.78, 5) is 10.4. The van der Waals surface area contributed by atoms with E-state index in [-0.39, 0.29) is 5.41 Å². The molecule has 0 aliphatic heterocycles. The molecule has 0 amide bonds. The van der Waals surface area contributed by atoms with Gasteiger partial charge >= 0.3 is 0 Å². The number of nitrogens with zero attached hydrogens (tertiary/aromatic N) is 2. The Morgan fingerprint density at radius 1 is 0.538 bits per heavy atom. The summed E-state index contributed by atoms with van der Waals surface area (Å²) >= 11 is 0. The normalized spacial score (nSPS) is 13.6. The second kappa shape index (κ2) is 8.09. The first-order valence-corrected chi connectivity index (χ1v) is 13.5. The monoisotopic (exact) mass is 498 g/mol. The van der Waals surface area contributed by atoms with Gasteiger partial charge in [0.2, 0.25) is 0 Å². The fraction of sp³-hybridized carbons (Fsp3) is 0.0811. The van der Waals surface area contributed by atoms with Crippen LogP contribution in [-0.2, 0) is 5.41 Å². The second-order valence-electron chi connectivity index (χ2n) is 11.0. The molecule has 0 saturated carbocycles. The van der Waals surface area contributed by atoms with E-state index in [1.807, 2.05) is 0 Å². The summed E-state index contributed by atoms with van der Waals surface area (Å²) in [6.07, 6.45) is 0. The van der Waals surface area contributed by atoms with Crippen LogP contribution in [0.5, 0.6) is 0 Å². The lowest BCUT2D eigenvalue weighted by Gasteiger charge is -2.21. The molecule has 39 heavy (non-hydrogen) atoms. The van der Waals surface area contributed by atoms with Crippen LogP contribution in [0, 0.1) is 0 Å². The van der Waals surface area contributed by atoms with E-state index >= 15 is 0 Å². The zero-order valence-corrected chi connectivity index (χ0v) is 21.9. The summed E-state index contributed by atoms with van der Waals surface area (Å²) in [5.74, 6) is 0.752. The lowest BCUT2D eigenvalue weighted by atomic mass is 9.82. The smallest absolute Gasteiger partial charge is 0.160 e. The fourth-order valence-corrected chi connectivity index (χ4v) is 6.50. The van der Waals surface area contributed by atoms with Gasteiger partial charge in [0.15, 0.2) is 5.82 Å². The molecular formula is C37H26N2. The number of rotatable bonds is 2. The molecule has 0 N–H and O–H groups in total. The van der Waals surface area contributed by atoms with Gasteiger partial charge in [0.1, 0.15) is 0 Å². The Balaban J connectivity index is 1.42. The molecule has 0 atom stereocenters. The van der Waals surface area contributed by atoms with Crippen molar-refractivity contribution in [3.63, 3.8) is 0 Å². The number of hydrogen-bond donors (Lipinski definition) is 0. The molecule has 1 aliphatic carbocycles. The summed E-state index contributed by atoms with van der Waals surface area (Å²) in [5.41, 5.74) is 9.46. The number of hydrogen-bond acceptors (Lipinski definition) is 2. The van der Waals surface area contributed by atoms with Gasteiger partial charge < -0.3 is 0 Å². The van der Waals surface area contributed by atoms with E-state index in [1.54, 1.807) is 0 Å². The van der Waals surface area contributed by atoms with Crippen molar-refractivity contribution in [3.8, 4) is 33.8 Å². The van der Waals surface area contributed by atoms with Gasteiger partial charge in [-0.25, -0.2) is 9.97 Å². The Morgan fingerprint density at radius 2 is 1.26 bits per heavy atom. The Hall–Kier alpha value is -4.82. The van der Waals surface area contributed by atoms with Gasteiger partial charge in [-0.05, 0) is 55.9 Å². The number of benzene rings is 6. The molecular weight excluding hydrogens is 472 g/mol. The SMILES string of the molecule is CC1(C)c2ccccc2-c2c1ccc1ccc(-c3nc(-c4ccccc4)c4c(ccc5ccccc54)n3)cc21. The maximum Gasteiger partial charge on any atom is 0.160 e. The van der Waals surface area contributed by atoms with E-state index in [9.17, 15) is 0 Å². The minimum atomic E-state index is -0.0306. The third kappa shape index (κ3) is 3.21. The molecule has 1 aliphatic rings. The quantitative estimate of drug-likeness (QED) is 0.222. The van der Waals surface area contributed by atoms with Crippen LogP contribution in [0.4, 0.5) is 0 Å². The van der Waals surface area contributed by atoms with Gasteiger partial charge in [-0.3, -0.25) is 0 Å². The first kappa shape index (κ1) is 22.2. The standard InChI is InChI=1S/C37H26N2/c1-37(2)30-15-9-8-14-28(30)33-29-22-26(17-16-24(29)18-20-31(33)37)36-38-32-21-19-23-10-6-7-13-27(23)34(32)35(39-36)25-11-4-3-5-12-25/h3-22H,1-2H3. The second-order valence-corrected chi connectivity index (χ2v) is 11.0. The van der Waals surface area contributed by atoms with Crippen LogP contribution >= 0.6 is 0 Å². The zero-order chi connectivity index (χ0) is 26.1. The van der Waals surface area contributed by atoms with Crippen molar-refractivity contribution in [1.82, 2.24) is 9.97 Å². The minimum absolute atomic E-state index is 0.0306. The van der Waals surface area contributed by atoms with Gasteiger partial charge in [-0.1, -0.05) is 123 Å². The van der Waals surface area contributed by atoms with Crippen molar-refractivity contribution in [3.05, 3.63) is 132 Å². The zero-order valence-electron chi connectivity index (χ0n) is 21.9. The highest BCUT2D eigenvalue weighted by molar-refractivity contribution is 6.12. The molecule has 0 spiro atoms. The van der Waals surface area contributed by atoms with Gasteiger partial charge in [0, 0.05) is 21.9 Å². The van der Waals surface area contributed by atoms with Gasteiger partial charge in [0.25, 0.3) is 0 Å². The lowest BCUT2D eigenvalue weighted by Crippen LogP contribution is -2.14. The Kier molecular flexibility index (Phi) is 4.60. The van der Waals surface area contributed by atoms with E-state index < -0.39 is 0 Å². The molecule has 1 aromatic heterocycles. The Labute approximate surface area is 227 Å². The van der Waals surface area contributed by atoms with Crippen molar-refractivity contribution in [1.29, 1.82) is 0 Å². The maximum absolute atomic E-state index is 5.25. The lowest BCUT2D eigenvalue weighted by molar-refractivity contribution is 0.661. The first-order valence-electron chi connectivity index (χ1n) is 13.5. The Morgan fingerprint density at radius 3 is 2.15 bits per heavy atom. The summed E-state index contributed by atoms with van der Waals surface area (Å²) in [7, 11) is 0. The maximum atomic E-state index is 5.25. The summed E-state index contributed by atoms with van der Waals surface area (Å²) in [6, 6.07) is 43.4. The predicted molar refractivity (Wildman–Crippen MR) is 163 cm³/mol. The predicted octanol–water partition coefficient (Wildman–Crippen LogP) is 9.58. The minimum Gasteiger partial charge on any atom is -0.228 e. The van der Waals surface area contributed by atoms with E-state index in [0.717, 1.165) is 33.5 Å². The number of fused-ring (bicyclic) bond motifs is 8. The van der Waals surface area contributed by atoms with Crippen LogP contribution in [0.1, 0.15) is 25.0 Å². The molecule has 0 radical (unpaired) electrons. The van der Waals surface area contributed by atoms with Crippen LogP contribution in [0.25, 0.3) is 66.2 Å². The van der Waals surface area contributed by atoms with E-state index in [2.05, 4.69) is 135 Å². The van der Waals surface area contributed by atoms with E-state index in [0.29, 0.717) is 0 Å². The van der Waals surface area contributed by atoms with Crippen molar-refractivity contribution in [2.75, 3.05) is 0 Å². The highest BCUT2D eigenvalue weighted by Crippen LogP contribution is 2.51. The molecule has 1 heterocycles. The third-order valence-electron chi connectivity index (χ3n) is 8.46. The number of aromatic nitrogens is 2. The largest absolute Gasteiger partial charge is 0.228 e. The van der Waals surface area contributed by atoms with E-state index in [4.69, 9.17) is 9.97 Å². The average molecular weight is 499 g/mol. The summed E-state index contributed by atoms with van der Waals surface area (Å²) < 4.78 is 0. The van der Waals surface area contributed by atoms with Gasteiger partial charge in [0.05, 0.1) is 11.2 Å². The third-order valence-corrected chi connectivity index (χ3v) is 8.46. The highest BCUT2D eigenvalue weighted by atomic mass is 14.9. The molecule has 0 saturated heterocycles. The van der Waals surface area contributed by atoms with Gasteiger partial charge in [-0.15, -0.1) is 0 Å². The summed E-state index contributed by atoms with van der Waals surface area (Å²) in [5, 5.41) is 5.96. The Bertz CT molecular complexity index is 2090. The van der Waals surface area contributed by atoms with Crippen molar-refractivity contribution >= 4 is 32.4 Å². The van der Waals surface area contributed by atoms with Crippen LogP contribution in [0.3, 0.4) is 0 Å². The molecule has 0 bridgehead atoms. The average Bonchev–Trinajstić information content (AvgIpc) is 3.23. The molecule has 184 valence electrons. The molecule has 7 aromatic rings. The molecule has 2 heteroatoms. The van der Waals surface area contributed by atoms with Crippen molar-refractivity contribution in [2.45, 2.75) is 19.3 Å². The molecule has 0 unspecified atom stereocenters. The van der Waals surface area contributed by atoms with Crippen LogP contribution in [0.2, 0.25) is 0 Å². The molecule has 6 aromatic carbocycles. The molecule has 0 fully saturated rings.